The van der Waals surface area contributed by atoms with Crippen molar-refractivity contribution in [2.75, 3.05) is 13.2 Å². The van der Waals surface area contributed by atoms with Gasteiger partial charge in [0.15, 0.2) is 8.32 Å². The smallest absolute Gasteiger partial charge is 0.243 e. The van der Waals surface area contributed by atoms with Crippen molar-refractivity contribution in [2.45, 2.75) is 75.2 Å². The maximum absolute atomic E-state index is 13.7. The summed E-state index contributed by atoms with van der Waals surface area (Å²) in [5, 5.41) is 0.470. The molecular weight excluding hydrogens is 474 g/mol. The van der Waals surface area contributed by atoms with Crippen LogP contribution < -0.4 is 0 Å². The molecule has 0 aliphatic carbocycles. The first-order valence-electron chi connectivity index (χ1n) is 11.5. The zero-order chi connectivity index (χ0) is 24.4. The van der Waals surface area contributed by atoms with Gasteiger partial charge in [-0.1, -0.05) is 55.3 Å². The molecule has 2 atom stereocenters. The highest BCUT2D eigenvalue weighted by Crippen LogP contribution is 2.41. The number of hydrogen-bond acceptors (Lipinski definition) is 4. The van der Waals surface area contributed by atoms with Gasteiger partial charge in [-0.3, -0.25) is 0 Å². The van der Waals surface area contributed by atoms with Crippen LogP contribution in [0.3, 0.4) is 0 Å². The lowest BCUT2D eigenvalue weighted by atomic mass is 10.0. The highest BCUT2D eigenvalue weighted by molar-refractivity contribution is 7.89. The number of halogens is 1. The number of benzene rings is 2. The molecule has 1 aliphatic rings. The normalized spacial score (nSPS) is 20.7. The van der Waals surface area contributed by atoms with Crippen molar-refractivity contribution in [1.29, 1.82) is 0 Å². The van der Waals surface area contributed by atoms with Crippen LogP contribution >= 0.6 is 11.6 Å². The maximum atomic E-state index is 13.7. The van der Waals surface area contributed by atoms with E-state index in [1.54, 1.807) is 16.4 Å². The summed E-state index contributed by atoms with van der Waals surface area (Å²) in [6.07, 6.45) is 1.84. The van der Waals surface area contributed by atoms with Gasteiger partial charge in [0.1, 0.15) is 0 Å². The third kappa shape index (κ3) is 6.47. The second kappa shape index (κ2) is 10.2. The Bertz CT molecular complexity index is 1030. The molecular formula is C25H36ClNO4SSi. The van der Waals surface area contributed by atoms with E-state index in [0.717, 1.165) is 17.5 Å². The number of hydrogen-bond donors (Lipinski definition) is 1. The molecule has 0 amide bonds. The molecule has 1 aliphatic heterocycles. The number of rotatable bonds is 8. The van der Waals surface area contributed by atoms with Crippen LogP contribution in [0.4, 0.5) is 0 Å². The summed E-state index contributed by atoms with van der Waals surface area (Å²) in [5.41, 5.74) is 2.04. The molecule has 1 fully saturated rings. The van der Waals surface area contributed by atoms with E-state index in [-0.39, 0.29) is 17.2 Å². The van der Waals surface area contributed by atoms with E-state index in [1.807, 2.05) is 56.4 Å². The minimum absolute atomic E-state index is 0.183. The lowest BCUT2D eigenvalue weighted by Gasteiger charge is -2.41. The quantitative estimate of drug-likeness (QED) is 0.483. The van der Waals surface area contributed by atoms with Crippen LogP contribution in [-0.2, 0) is 21.2 Å². The molecule has 2 aromatic carbocycles. The first kappa shape index (κ1) is 26.4. The number of aryl methyl sites for hydroxylation is 1. The summed E-state index contributed by atoms with van der Waals surface area (Å²) >= 11 is 6.03. The van der Waals surface area contributed by atoms with E-state index in [4.69, 9.17) is 16.3 Å². The summed E-state index contributed by atoms with van der Waals surface area (Å²) in [7, 11) is -6.03. The van der Waals surface area contributed by atoms with Gasteiger partial charge in [-0.05, 0) is 74.1 Å². The molecule has 1 heterocycles. The Balaban J connectivity index is 1.84. The van der Waals surface area contributed by atoms with Crippen molar-refractivity contribution in [1.82, 2.24) is 4.31 Å². The molecule has 0 aromatic heterocycles. The van der Waals surface area contributed by atoms with E-state index < -0.39 is 18.3 Å². The standard InChI is InChI=1S/C25H36ClNO4SSi/c1-19-6-12-24(13-7-19)32(28,29)27-17-23(14-15-25(2,3)33(4,5)30)31-18-22(27)16-20-8-10-21(26)11-9-20/h6-13,22-23,30H,14-18H2,1-5H3/t22-,23+/m0/s1. The van der Waals surface area contributed by atoms with E-state index >= 15 is 0 Å². The molecule has 3 rings (SSSR count). The Morgan fingerprint density at radius 2 is 1.73 bits per heavy atom. The topological polar surface area (TPSA) is 66.8 Å². The van der Waals surface area contributed by atoms with Gasteiger partial charge in [-0.25, -0.2) is 8.42 Å². The van der Waals surface area contributed by atoms with Crippen LogP contribution in [0.2, 0.25) is 23.2 Å². The predicted molar refractivity (Wildman–Crippen MR) is 137 cm³/mol. The largest absolute Gasteiger partial charge is 0.432 e. The van der Waals surface area contributed by atoms with Crippen LogP contribution in [0.5, 0.6) is 0 Å². The van der Waals surface area contributed by atoms with Gasteiger partial charge in [-0.2, -0.15) is 4.31 Å². The van der Waals surface area contributed by atoms with Crippen molar-refractivity contribution in [3.63, 3.8) is 0 Å². The third-order valence-electron chi connectivity index (χ3n) is 7.07. The summed E-state index contributed by atoms with van der Waals surface area (Å²) in [4.78, 5) is 10.9. The molecule has 8 heteroatoms. The Labute approximate surface area is 204 Å². The van der Waals surface area contributed by atoms with Gasteiger partial charge in [0.25, 0.3) is 0 Å². The molecule has 0 spiro atoms. The average molecular weight is 510 g/mol. The Hall–Kier alpha value is -1.22. The molecule has 182 valence electrons. The molecule has 0 radical (unpaired) electrons. The number of nitrogens with zero attached hydrogens (tertiary/aromatic N) is 1. The molecule has 33 heavy (non-hydrogen) atoms. The van der Waals surface area contributed by atoms with E-state index in [0.29, 0.717) is 35.9 Å². The van der Waals surface area contributed by atoms with Gasteiger partial charge < -0.3 is 9.53 Å². The van der Waals surface area contributed by atoms with Gasteiger partial charge in [0.05, 0.1) is 23.6 Å². The van der Waals surface area contributed by atoms with Crippen LogP contribution in [0.1, 0.15) is 37.8 Å². The Morgan fingerprint density at radius 1 is 1.12 bits per heavy atom. The van der Waals surface area contributed by atoms with Gasteiger partial charge in [-0.15, -0.1) is 0 Å². The summed E-state index contributed by atoms with van der Waals surface area (Å²) in [5.74, 6) is 0. The van der Waals surface area contributed by atoms with Crippen LogP contribution in [0.25, 0.3) is 0 Å². The monoisotopic (exact) mass is 509 g/mol. The Kier molecular flexibility index (Phi) is 8.14. The van der Waals surface area contributed by atoms with E-state index in [9.17, 15) is 13.2 Å². The van der Waals surface area contributed by atoms with Crippen molar-refractivity contribution in [2.24, 2.45) is 0 Å². The first-order valence-corrected chi connectivity index (χ1v) is 16.2. The van der Waals surface area contributed by atoms with Crippen LogP contribution in [0.15, 0.2) is 53.4 Å². The molecule has 1 saturated heterocycles. The van der Waals surface area contributed by atoms with Crippen molar-refractivity contribution in [3.8, 4) is 0 Å². The molecule has 0 bridgehead atoms. The lowest BCUT2D eigenvalue weighted by molar-refractivity contribution is -0.0373. The highest BCUT2D eigenvalue weighted by atomic mass is 35.5. The summed E-state index contributed by atoms with van der Waals surface area (Å²) in [6.45, 7) is 10.7. The molecule has 1 N–H and O–H groups in total. The number of sulfonamides is 1. The second-order valence-corrected chi connectivity index (χ2v) is 17.1. The summed E-state index contributed by atoms with van der Waals surface area (Å²) in [6, 6.07) is 14.2. The Morgan fingerprint density at radius 3 is 2.30 bits per heavy atom. The van der Waals surface area contributed by atoms with Crippen molar-refractivity contribution < 1.29 is 18.0 Å². The highest BCUT2D eigenvalue weighted by Gasteiger charge is 2.41. The number of ether oxygens (including phenoxy) is 1. The minimum atomic E-state index is -3.68. The lowest BCUT2D eigenvalue weighted by Crippen LogP contribution is -2.53. The SMILES string of the molecule is Cc1ccc(S(=O)(=O)N2C[C@@H](CCC(C)(C)[Si](C)(C)O)OC[C@@H]2Cc2ccc(Cl)cc2)cc1. The zero-order valence-electron chi connectivity index (χ0n) is 20.2. The number of morpholine rings is 1. The molecule has 0 saturated carbocycles. The molecule has 2 aromatic rings. The van der Waals surface area contributed by atoms with Crippen molar-refractivity contribution >= 4 is 29.9 Å². The van der Waals surface area contributed by atoms with Crippen molar-refractivity contribution in [3.05, 3.63) is 64.7 Å². The minimum Gasteiger partial charge on any atom is -0.432 e. The van der Waals surface area contributed by atoms with Crippen LogP contribution in [-0.4, -0.2) is 51.1 Å². The van der Waals surface area contributed by atoms with Gasteiger partial charge in [0, 0.05) is 11.6 Å². The zero-order valence-corrected chi connectivity index (χ0v) is 22.8. The fourth-order valence-electron chi connectivity index (χ4n) is 3.93. The fourth-order valence-corrected chi connectivity index (χ4v) is 6.45. The predicted octanol–water partition coefficient (Wildman–Crippen LogP) is 5.41. The van der Waals surface area contributed by atoms with Gasteiger partial charge in [0.2, 0.25) is 10.0 Å². The third-order valence-corrected chi connectivity index (χ3v) is 12.8. The van der Waals surface area contributed by atoms with Gasteiger partial charge >= 0.3 is 0 Å². The maximum Gasteiger partial charge on any atom is 0.243 e. The molecule has 5 nitrogen and oxygen atoms in total. The first-order chi connectivity index (χ1) is 15.3. The summed E-state index contributed by atoms with van der Waals surface area (Å²) < 4.78 is 35.1. The fraction of sp³-hybridized carbons (Fsp3) is 0.520. The van der Waals surface area contributed by atoms with E-state index in [1.165, 1.54) is 0 Å². The second-order valence-electron chi connectivity index (χ2n) is 10.3. The average Bonchev–Trinajstić information content (AvgIpc) is 2.74. The van der Waals surface area contributed by atoms with Crippen LogP contribution in [0, 0.1) is 6.92 Å². The van der Waals surface area contributed by atoms with E-state index in [2.05, 4.69) is 13.8 Å². The molecule has 0 unspecified atom stereocenters.